The number of halogens is 3. The Morgan fingerprint density at radius 2 is 1.77 bits per heavy atom. The fourth-order valence-corrected chi connectivity index (χ4v) is 4.04. The summed E-state index contributed by atoms with van der Waals surface area (Å²) in [6.45, 7) is 0. The average Bonchev–Trinajstić information content (AvgIpc) is 2.67. The van der Waals surface area contributed by atoms with Gasteiger partial charge in [-0.05, 0) is 23.6 Å². The smallest absolute Gasteiger partial charge is 0.338 e. The molecule has 0 aliphatic heterocycles. The van der Waals surface area contributed by atoms with Gasteiger partial charge in [0.25, 0.3) is 0 Å². The Bertz CT molecular complexity index is 1000. The third-order valence-corrected chi connectivity index (χ3v) is 5.32. The molecular formula is C20H15BrCl2O3. The highest BCUT2D eigenvalue weighted by Gasteiger charge is 2.26. The Labute approximate surface area is 169 Å². The van der Waals surface area contributed by atoms with E-state index < -0.39 is 5.97 Å². The molecule has 0 atom stereocenters. The van der Waals surface area contributed by atoms with Crippen molar-refractivity contribution in [3.63, 3.8) is 0 Å². The number of carbonyl (C=O) groups excluding carboxylic acids is 1. The predicted molar refractivity (Wildman–Crippen MR) is 110 cm³/mol. The summed E-state index contributed by atoms with van der Waals surface area (Å²) in [5, 5.41) is 3.15. The molecule has 0 fully saturated rings. The third-order valence-electron chi connectivity index (χ3n) is 4.19. The van der Waals surface area contributed by atoms with E-state index in [4.69, 9.17) is 32.7 Å². The van der Waals surface area contributed by atoms with Gasteiger partial charge in [0.05, 0.1) is 19.8 Å². The molecule has 0 N–H and O–H groups in total. The summed E-state index contributed by atoms with van der Waals surface area (Å²) in [5.41, 5.74) is 2.45. The number of hydrogen-bond acceptors (Lipinski definition) is 3. The number of ether oxygens (including phenoxy) is 2. The van der Waals surface area contributed by atoms with Crippen molar-refractivity contribution in [1.82, 2.24) is 0 Å². The van der Waals surface area contributed by atoms with Gasteiger partial charge in [-0.25, -0.2) is 4.79 Å². The van der Waals surface area contributed by atoms with Gasteiger partial charge in [-0.2, -0.15) is 0 Å². The minimum Gasteiger partial charge on any atom is -0.496 e. The van der Waals surface area contributed by atoms with Crippen LogP contribution in [-0.4, -0.2) is 20.2 Å². The van der Waals surface area contributed by atoms with E-state index >= 15 is 0 Å². The molecule has 0 radical (unpaired) electrons. The van der Waals surface area contributed by atoms with Crippen molar-refractivity contribution in [2.75, 3.05) is 14.2 Å². The summed E-state index contributed by atoms with van der Waals surface area (Å²) in [5.74, 6) is 0.161. The van der Waals surface area contributed by atoms with Crippen LogP contribution in [0.5, 0.6) is 5.75 Å². The van der Waals surface area contributed by atoms with Gasteiger partial charge in [0.1, 0.15) is 5.75 Å². The van der Waals surface area contributed by atoms with Crippen LogP contribution in [0.25, 0.3) is 21.9 Å². The highest BCUT2D eigenvalue weighted by molar-refractivity contribution is 9.08. The Hall–Kier alpha value is -1.75. The van der Waals surface area contributed by atoms with Crippen LogP contribution in [0.3, 0.4) is 0 Å². The summed E-state index contributed by atoms with van der Waals surface area (Å²) in [6, 6.07) is 12.9. The van der Waals surface area contributed by atoms with Gasteiger partial charge in [-0.1, -0.05) is 63.4 Å². The first kappa shape index (κ1) is 19.0. The molecule has 26 heavy (non-hydrogen) atoms. The number of alkyl halides is 1. The van der Waals surface area contributed by atoms with Crippen molar-refractivity contribution in [1.29, 1.82) is 0 Å². The fraction of sp³-hybridized carbons (Fsp3) is 0.150. The molecule has 0 saturated heterocycles. The maximum atomic E-state index is 12.7. The summed E-state index contributed by atoms with van der Waals surface area (Å²) in [6.07, 6.45) is 0. The van der Waals surface area contributed by atoms with Crippen molar-refractivity contribution < 1.29 is 14.3 Å². The highest BCUT2D eigenvalue weighted by Crippen LogP contribution is 2.44. The summed E-state index contributed by atoms with van der Waals surface area (Å²) >= 11 is 16.1. The van der Waals surface area contributed by atoms with Crippen molar-refractivity contribution in [3.05, 3.63) is 63.6 Å². The Morgan fingerprint density at radius 1 is 1.08 bits per heavy atom. The Balaban J connectivity index is 2.58. The van der Waals surface area contributed by atoms with Gasteiger partial charge in [-0.15, -0.1) is 0 Å². The minimum absolute atomic E-state index is 0.407. The first-order valence-electron chi connectivity index (χ1n) is 7.74. The van der Waals surface area contributed by atoms with E-state index in [1.54, 1.807) is 25.3 Å². The van der Waals surface area contributed by atoms with Gasteiger partial charge in [-0.3, -0.25) is 0 Å². The minimum atomic E-state index is -0.463. The number of esters is 1. The number of fused-ring (bicyclic) bond motifs is 1. The molecule has 0 heterocycles. The van der Waals surface area contributed by atoms with Gasteiger partial charge in [0.2, 0.25) is 0 Å². The lowest BCUT2D eigenvalue weighted by molar-refractivity contribution is 0.0600. The van der Waals surface area contributed by atoms with Gasteiger partial charge < -0.3 is 9.47 Å². The van der Waals surface area contributed by atoms with Crippen LogP contribution in [0.2, 0.25) is 10.0 Å². The van der Waals surface area contributed by atoms with E-state index in [2.05, 4.69) is 15.9 Å². The van der Waals surface area contributed by atoms with Crippen LogP contribution in [0, 0.1) is 0 Å². The Morgan fingerprint density at radius 3 is 2.38 bits per heavy atom. The number of carbonyl (C=O) groups is 1. The zero-order chi connectivity index (χ0) is 18.8. The van der Waals surface area contributed by atoms with E-state index in [0.717, 1.165) is 10.8 Å². The van der Waals surface area contributed by atoms with Crippen LogP contribution in [0.1, 0.15) is 15.9 Å². The number of hydrogen-bond donors (Lipinski definition) is 0. The summed E-state index contributed by atoms with van der Waals surface area (Å²) in [4.78, 5) is 12.7. The molecule has 3 nitrogen and oxygen atoms in total. The largest absolute Gasteiger partial charge is 0.496 e. The lowest BCUT2D eigenvalue weighted by Crippen LogP contribution is -2.10. The topological polar surface area (TPSA) is 35.5 Å². The molecule has 0 spiro atoms. The highest BCUT2D eigenvalue weighted by atomic mass is 79.9. The zero-order valence-corrected chi connectivity index (χ0v) is 17.2. The average molecular weight is 454 g/mol. The fourth-order valence-electron chi connectivity index (χ4n) is 3.12. The second-order valence-electron chi connectivity index (χ2n) is 5.56. The van der Waals surface area contributed by atoms with E-state index in [1.165, 1.54) is 7.11 Å². The van der Waals surface area contributed by atoms with Gasteiger partial charge in [0, 0.05) is 37.5 Å². The second-order valence-corrected chi connectivity index (χ2v) is 6.96. The molecule has 0 aliphatic carbocycles. The molecule has 0 bridgehead atoms. The standard InChI is InChI=1S/C20H15BrCl2O3/c1-25-19-13-6-4-3-5-12(13)17(14-9-11(22)7-8-16(14)23)18(15(19)10-21)20(24)26-2/h3-9H,10H2,1-2H3. The lowest BCUT2D eigenvalue weighted by Gasteiger charge is -2.20. The van der Waals surface area contributed by atoms with Gasteiger partial charge in [0.15, 0.2) is 0 Å². The molecule has 3 aromatic rings. The van der Waals surface area contributed by atoms with Crippen molar-refractivity contribution >= 4 is 55.9 Å². The monoisotopic (exact) mass is 452 g/mol. The van der Waals surface area contributed by atoms with Crippen LogP contribution >= 0.6 is 39.1 Å². The SMILES string of the molecule is COC(=O)c1c(CBr)c(OC)c2ccccc2c1-c1cc(Cl)ccc1Cl. The van der Waals surface area contributed by atoms with E-state index in [0.29, 0.717) is 43.4 Å². The molecule has 0 saturated carbocycles. The van der Waals surface area contributed by atoms with Crippen LogP contribution < -0.4 is 4.74 Å². The second kappa shape index (κ2) is 7.87. The van der Waals surface area contributed by atoms with Crippen LogP contribution in [0.15, 0.2) is 42.5 Å². The normalized spacial score (nSPS) is 10.8. The van der Waals surface area contributed by atoms with E-state index in [1.807, 2.05) is 24.3 Å². The van der Waals surface area contributed by atoms with Crippen LogP contribution in [-0.2, 0) is 10.1 Å². The molecule has 3 rings (SSSR count). The molecule has 3 aromatic carbocycles. The molecule has 0 amide bonds. The number of rotatable bonds is 4. The first-order chi connectivity index (χ1) is 12.5. The van der Waals surface area contributed by atoms with Crippen molar-refractivity contribution in [2.24, 2.45) is 0 Å². The summed E-state index contributed by atoms with van der Waals surface area (Å²) < 4.78 is 10.7. The van der Waals surface area contributed by atoms with Crippen molar-refractivity contribution in [3.8, 4) is 16.9 Å². The molecule has 0 aliphatic rings. The maximum absolute atomic E-state index is 12.7. The Kier molecular flexibility index (Phi) is 5.76. The maximum Gasteiger partial charge on any atom is 0.338 e. The van der Waals surface area contributed by atoms with E-state index in [9.17, 15) is 4.79 Å². The molecule has 0 unspecified atom stereocenters. The molecule has 0 aromatic heterocycles. The van der Waals surface area contributed by atoms with E-state index in [-0.39, 0.29) is 0 Å². The number of methoxy groups -OCH3 is 2. The van der Waals surface area contributed by atoms with Gasteiger partial charge >= 0.3 is 5.97 Å². The molecule has 134 valence electrons. The molecular weight excluding hydrogens is 439 g/mol. The summed E-state index contributed by atoms with van der Waals surface area (Å²) in [7, 11) is 2.94. The predicted octanol–water partition coefficient (Wildman–Crippen LogP) is 6.50. The number of benzene rings is 3. The third kappa shape index (κ3) is 3.18. The lowest BCUT2D eigenvalue weighted by atomic mass is 9.89. The molecule has 6 heteroatoms. The zero-order valence-electron chi connectivity index (χ0n) is 14.1. The first-order valence-corrected chi connectivity index (χ1v) is 9.62. The quantitative estimate of drug-likeness (QED) is 0.334. The van der Waals surface area contributed by atoms with Crippen molar-refractivity contribution in [2.45, 2.75) is 5.33 Å². The van der Waals surface area contributed by atoms with Crippen LogP contribution in [0.4, 0.5) is 0 Å².